The van der Waals surface area contributed by atoms with Gasteiger partial charge in [0.1, 0.15) is 0 Å². The van der Waals surface area contributed by atoms with Gasteiger partial charge >= 0.3 is 6.03 Å². The molecule has 2 unspecified atom stereocenters. The first-order valence-corrected chi connectivity index (χ1v) is 10.6. The number of sulfonamides is 1. The van der Waals surface area contributed by atoms with E-state index in [0.29, 0.717) is 19.6 Å². The van der Waals surface area contributed by atoms with E-state index < -0.39 is 10.0 Å². The monoisotopic (exact) mass is 383 g/mol. The van der Waals surface area contributed by atoms with Crippen LogP contribution in [-0.4, -0.2) is 50.6 Å². The summed E-state index contributed by atoms with van der Waals surface area (Å²) in [5, 5.41) is 5.67. The van der Waals surface area contributed by atoms with Crippen LogP contribution in [0.2, 0.25) is 0 Å². The molecule has 1 aromatic rings. The maximum atomic E-state index is 12.5. The summed E-state index contributed by atoms with van der Waals surface area (Å²) in [5.41, 5.74) is 0.836. The van der Waals surface area contributed by atoms with Crippen LogP contribution in [0.25, 0.3) is 0 Å². The van der Waals surface area contributed by atoms with E-state index in [9.17, 15) is 13.2 Å². The van der Waals surface area contributed by atoms with E-state index in [0.717, 1.165) is 25.0 Å². The standard InChI is InChI=1S/C18H29N3O4S/c1-4-21(5-2)26(23,24)16-10-8-15(9-11-16)13-19-18(22)20-14(3)17-7-6-12-25-17/h8-11,14,17H,4-7,12-13H2,1-3H3,(H2,19,20,22). The van der Waals surface area contributed by atoms with Crippen LogP contribution in [0.4, 0.5) is 4.79 Å². The predicted molar refractivity (Wildman–Crippen MR) is 100 cm³/mol. The van der Waals surface area contributed by atoms with E-state index in [1.807, 2.05) is 20.8 Å². The van der Waals surface area contributed by atoms with E-state index >= 15 is 0 Å². The second-order valence-corrected chi connectivity index (χ2v) is 8.34. The van der Waals surface area contributed by atoms with Crippen molar-refractivity contribution < 1.29 is 17.9 Å². The number of ether oxygens (including phenoxy) is 1. The van der Waals surface area contributed by atoms with E-state index in [1.165, 1.54) is 4.31 Å². The van der Waals surface area contributed by atoms with Gasteiger partial charge in [-0.2, -0.15) is 4.31 Å². The van der Waals surface area contributed by atoms with Gasteiger partial charge in [-0.15, -0.1) is 0 Å². The molecule has 26 heavy (non-hydrogen) atoms. The summed E-state index contributed by atoms with van der Waals surface area (Å²) in [6.07, 6.45) is 2.07. The maximum absolute atomic E-state index is 12.5. The summed E-state index contributed by atoms with van der Waals surface area (Å²) in [6.45, 7) is 7.51. The van der Waals surface area contributed by atoms with Gasteiger partial charge in [0.25, 0.3) is 0 Å². The lowest BCUT2D eigenvalue weighted by atomic mass is 10.1. The van der Waals surface area contributed by atoms with E-state index in [1.54, 1.807) is 24.3 Å². The minimum Gasteiger partial charge on any atom is -0.376 e. The predicted octanol–water partition coefficient (Wildman–Crippen LogP) is 2.08. The highest BCUT2D eigenvalue weighted by Gasteiger charge is 2.24. The molecule has 0 radical (unpaired) electrons. The molecule has 1 saturated heterocycles. The molecular formula is C18H29N3O4S. The van der Waals surface area contributed by atoms with Crippen molar-refractivity contribution in [3.05, 3.63) is 29.8 Å². The Kier molecular flexibility index (Phi) is 7.43. The number of benzene rings is 1. The highest BCUT2D eigenvalue weighted by molar-refractivity contribution is 7.89. The summed E-state index contributed by atoms with van der Waals surface area (Å²) in [6, 6.07) is 6.31. The second kappa shape index (κ2) is 9.34. The smallest absolute Gasteiger partial charge is 0.315 e. The van der Waals surface area contributed by atoms with Crippen LogP contribution in [0, 0.1) is 0 Å². The van der Waals surface area contributed by atoms with Crippen molar-refractivity contribution >= 4 is 16.1 Å². The zero-order chi connectivity index (χ0) is 19.2. The first-order chi connectivity index (χ1) is 12.4. The molecule has 1 aliphatic heterocycles. The molecule has 1 aromatic carbocycles. The lowest BCUT2D eigenvalue weighted by Gasteiger charge is -2.20. The number of carbonyl (C=O) groups excluding carboxylic acids is 1. The Morgan fingerprint density at radius 3 is 2.46 bits per heavy atom. The van der Waals surface area contributed by atoms with Crippen molar-refractivity contribution in [2.75, 3.05) is 19.7 Å². The molecule has 2 amide bonds. The van der Waals surface area contributed by atoms with Gasteiger partial charge in [0, 0.05) is 26.2 Å². The Hall–Kier alpha value is -1.64. The third-order valence-corrected chi connectivity index (χ3v) is 6.67. The van der Waals surface area contributed by atoms with E-state index in [2.05, 4.69) is 10.6 Å². The van der Waals surface area contributed by atoms with Gasteiger partial charge in [-0.1, -0.05) is 26.0 Å². The molecule has 1 aliphatic rings. The van der Waals surface area contributed by atoms with Crippen molar-refractivity contribution in [2.45, 2.75) is 57.2 Å². The van der Waals surface area contributed by atoms with Crippen molar-refractivity contribution in [3.8, 4) is 0 Å². The minimum absolute atomic E-state index is 0.0425. The molecule has 0 bridgehead atoms. The first kappa shape index (κ1) is 20.7. The largest absolute Gasteiger partial charge is 0.376 e. The average Bonchev–Trinajstić information content (AvgIpc) is 3.16. The lowest BCUT2D eigenvalue weighted by molar-refractivity contribution is 0.0860. The Balaban J connectivity index is 1.88. The van der Waals surface area contributed by atoms with Gasteiger partial charge in [-0.05, 0) is 37.5 Å². The quantitative estimate of drug-likeness (QED) is 0.719. The number of amides is 2. The highest BCUT2D eigenvalue weighted by atomic mass is 32.2. The first-order valence-electron chi connectivity index (χ1n) is 9.13. The Bertz CT molecular complexity index is 681. The van der Waals surface area contributed by atoms with E-state index in [4.69, 9.17) is 4.74 Å². The SMILES string of the molecule is CCN(CC)S(=O)(=O)c1ccc(CNC(=O)NC(C)C2CCCO2)cc1. The molecule has 2 rings (SSSR count). The topological polar surface area (TPSA) is 87.7 Å². The summed E-state index contributed by atoms with van der Waals surface area (Å²) < 4.78 is 31.9. The van der Waals surface area contributed by atoms with Crippen LogP contribution < -0.4 is 10.6 Å². The van der Waals surface area contributed by atoms with Crippen LogP contribution >= 0.6 is 0 Å². The number of hydrogen-bond acceptors (Lipinski definition) is 4. The molecule has 0 saturated carbocycles. The fraction of sp³-hybridized carbons (Fsp3) is 0.611. The van der Waals surface area contributed by atoms with Gasteiger partial charge in [-0.25, -0.2) is 13.2 Å². The molecule has 2 N–H and O–H groups in total. The van der Waals surface area contributed by atoms with Crippen LogP contribution in [0.15, 0.2) is 29.2 Å². The van der Waals surface area contributed by atoms with Gasteiger partial charge in [0.05, 0.1) is 17.0 Å². The summed E-state index contributed by atoms with van der Waals surface area (Å²) >= 11 is 0. The number of hydrogen-bond donors (Lipinski definition) is 2. The fourth-order valence-electron chi connectivity index (χ4n) is 3.02. The molecular weight excluding hydrogens is 354 g/mol. The number of nitrogens with one attached hydrogen (secondary N) is 2. The number of nitrogens with zero attached hydrogens (tertiary/aromatic N) is 1. The number of carbonyl (C=O) groups is 1. The van der Waals surface area contributed by atoms with Crippen molar-refractivity contribution in [1.82, 2.24) is 14.9 Å². The van der Waals surface area contributed by atoms with E-state index in [-0.39, 0.29) is 23.1 Å². The van der Waals surface area contributed by atoms with Gasteiger partial charge in [-0.3, -0.25) is 0 Å². The van der Waals surface area contributed by atoms with Crippen molar-refractivity contribution in [3.63, 3.8) is 0 Å². The summed E-state index contributed by atoms with van der Waals surface area (Å²) in [7, 11) is -3.45. The Morgan fingerprint density at radius 1 is 1.27 bits per heavy atom. The van der Waals surface area contributed by atoms with Crippen LogP contribution in [-0.2, 0) is 21.3 Å². The number of urea groups is 1. The molecule has 0 aromatic heterocycles. The lowest BCUT2D eigenvalue weighted by Crippen LogP contribution is -2.45. The van der Waals surface area contributed by atoms with Gasteiger partial charge in [0.2, 0.25) is 10.0 Å². The zero-order valence-corrected chi connectivity index (χ0v) is 16.5. The molecule has 1 fully saturated rings. The molecule has 146 valence electrons. The van der Waals surface area contributed by atoms with Crippen LogP contribution in [0.1, 0.15) is 39.2 Å². The Morgan fingerprint density at radius 2 is 1.92 bits per heavy atom. The average molecular weight is 384 g/mol. The van der Waals surface area contributed by atoms with Gasteiger partial charge < -0.3 is 15.4 Å². The van der Waals surface area contributed by atoms with Crippen molar-refractivity contribution in [2.24, 2.45) is 0 Å². The number of rotatable bonds is 8. The molecule has 0 aliphatic carbocycles. The van der Waals surface area contributed by atoms with Crippen LogP contribution in [0.5, 0.6) is 0 Å². The Labute approximate surface area is 156 Å². The third-order valence-electron chi connectivity index (χ3n) is 4.60. The maximum Gasteiger partial charge on any atom is 0.315 e. The summed E-state index contributed by atoms with van der Waals surface area (Å²) in [4.78, 5) is 12.3. The van der Waals surface area contributed by atoms with Gasteiger partial charge in [0.15, 0.2) is 0 Å². The molecule has 1 heterocycles. The molecule has 7 nitrogen and oxygen atoms in total. The second-order valence-electron chi connectivity index (χ2n) is 6.40. The minimum atomic E-state index is -3.45. The highest BCUT2D eigenvalue weighted by Crippen LogP contribution is 2.17. The summed E-state index contributed by atoms with van der Waals surface area (Å²) in [5.74, 6) is 0. The molecule has 2 atom stereocenters. The zero-order valence-electron chi connectivity index (χ0n) is 15.7. The molecule has 0 spiro atoms. The third kappa shape index (κ3) is 5.18. The fourth-order valence-corrected chi connectivity index (χ4v) is 4.48. The normalized spacial score (nSPS) is 18.7. The van der Waals surface area contributed by atoms with Crippen LogP contribution in [0.3, 0.4) is 0 Å². The van der Waals surface area contributed by atoms with Crippen molar-refractivity contribution in [1.29, 1.82) is 0 Å². The molecule has 8 heteroatoms.